The summed E-state index contributed by atoms with van der Waals surface area (Å²) < 4.78 is 14.5. The van der Waals surface area contributed by atoms with Crippen molar-refractivity contribution in [3.05, 3.63) is 85.5 Å². The maximum atomic E-state index is 15.0. The van der Waals surface area contributed by atoms with E-state index < -0.39 is 66.1 Å². The number of nitrogens with zero attached hydrogens (tertiary/aromatic N) is 5. The third-order valence-corrected chi connectivity index (χ3v) is 11.3. The van der Waals surface area contributed by atoms with Crippen LogP contribution in [0.1, 0.15) is 44.8 Å². The quantitative estimate of drug-likeness (QED) is 0.126. The van der Waals surface area contributed by atoms with Crippen molar-refractivity contribution in [3.63, 3.8) is 0 Å². The van der Waals surface area contributed by atoms with Crippen LogP contribution >= 0.6 is 15.9 Å². The average molecular weight is 778 g/mol. The van der Waals surface area contributed by atoms with Crippen LogP contribution in [0.4, 0.5) is 0 Å². The van der Waals surface area contributed by atoms with Crippen LogP contribution < -0.4 is 5.32 Å². The van der Waals surface area contributed by atoms with Gasteiger partial charge in [0.15, 0.2) is 0 Å². The van der Waals surface area contributed by atoms with E-state index in [-0.39, 0.29) is 49.3 Å². The number of carbonyl (C=O) groups is 4. The molecule has 8 atom stereocenters. The summed E-state index contributed by atoms with van der Waals surface area (Å²) in [7, 11) is 0. The molecule has 0 saturated carbocycles. The fourth-order valence-corrected chi connectivity index (χ4v) is 8.91. The van der Waals surface area contributed by atoms with Crippen LogP contribution in [0.25, 0.3) is 11.0 Å². The van der Waals surface area contributed by atoms with Gasteiger partial charge in [0, 0.05) is 17.8 Å². The lowest BCUT2D eigenvalue weighted by atomic mass is 9.70. The van der Waals surface area contributed by atoms with Gasteiger partial charge < -0.3 is 29.7 Å². The SMILES string of the molecule is C=CCCC(=O)NC[C@H](OC(=O)[C@@H]1[C@H]2O[C@@]3(CC2Br)[C@H](C(=O)N(CC=C)Cn2nnc4ccccc42)N([C@@H](CO)C(C)C)C(=O)[C@@H]13)c1ccccc1. The molecule has 52 heavy (non-hydrogen) atoms. The van der Waals surface area contributed by atoms with Crippen molar-refractivity contribution in [2.45, 2.75) is 74.5 Å². The molecule has 3 amide bonds. The van der Waals surface area contributed by atoms with Gasteiger partial charge in [-0.15, -0.1) is 18.3 Å². The summed E-state index contributed by atoms with van der Waals surface area (Å²) in [5.41, 5.74) is 0.657. The molecular formula is C38H45BrN6O7. The Morgan fingerprint density at radius 2 is 1.88 bits per heavy atom. The van der Waals surface area contributed by atoms with Crippen LogP contribution in [-0.4, -0.2) is 102 Å². The third kappa shape index (κ3) is 6.79. The summed E-state index contributed by atoms with van der Waals surface area (Å²) >= 11 is 3.72. The summed E-state index contributed by atoms with van der Waals surface area (Å²) in [4.78, 5) is 59.3. The van der Waals surface area contributed by atoms with Crippen molar-refractivity contribution in [1.29, 1.82) is 0 Å². The van der Waals surface area contributed by atoms with E-state index in [0.29, 0.717) is 17.5 Å². The number of aliphatic hydroxyl groups excluding tert-OH is 1. The maximum absolute atomic E-state index is 15.0. The number of para-hydroxylation sites is 1. The molecular weight excluding hydrogens is 732 g/mol. The van der Waals surface area contributed by atoms with Gasteiger partial charge in [-0.1, -0.05) is 89.6 Å². The number of ether oxygens (including phenoxy) is 2. The fraction of sp³-hybridized carbons (Fsp3) is 0.474. The number of carbonyl (C=O) groups excluding carboxylic acids is 4. The number of aromatic nitrogens is 3. The molecule has 3 saturated heterocycles. The van der Waals surface area contributed by atoms with E-state index in [9.17, 15) is 24.3 Å². The van der Waals surface area contributed by atoms with Gasteiger partial charge in [0.05, 0.1) is 42.6 Å². The summed E-state index contributed by atoms with van der Waals surface area (Å²) in [6, 6.07) is 14.6. The first-order valence-electron chi connectivity index (χ1n) is 17.6. The second kappa shape index (κ2) is 15.7. The van der Waals surface area contributed by atoms with Crippen molar-refractivity contribution in [2.75, 3.05) is 19.7 Å². The third-order valence-electron chi connectivity index (χ3n) is 10.4. The van der Waals surface area contributed by atoms with E-state index >= 15 is 0 Å². The van der Waals surface area contributed by atoms with Crippen molar-refractivity contribution >= 4 is 50.7 Å². The highest BCUT2D eigenvalue weighted by Crippen LogP contribution is 2.61. The summed E-state index contributed by atoms with van der Waals surface area (Å²) in [6.45, 7) is 11.0. The fourth-order valence-electron chi connectivity index (χ4n) is 7.97. The molecule has 3 aliphatic heterocycles. The number of aliphatic hydroxyl groups is 1. The van der Waals surface area contributed by atoms with E-state index in [1.807, 2.05) is 56.3 Å². The number of benzene rings is 2. The highest BCUT2D eigenvalue weighted by atomic mass is 79.9. The van der Waals surface area contributed by atoms with Crippen molar-refractivity contribution < 1.29 is 33.8 Å². The standard InChI is InChI=1S/C38H45BrN6O7/c1-5-7-17-30(47)40-20-29(24-13-9-8-10-14-24)51-37(50)31-32-35(48)45(28(21-46)23(3)4)34(38(32)19-25(39)33(31)52-38)36(49)43(18-6-2)22-44-27-16-12-11-15-26(27)41-42-44/h5-6,8-16,23,25,28-29,31-34,46H,1-2,7,17-22H2,3-4H3,(H,40,47)/t25?,28-,29-,31-,32+,33-,34-,38+/m0/s1. The van der Waals surface area contributed by atoms with Gasteiger partial charge in [0.25, 0.3) is 0 Å². The Kier molecular flexibility index (Phi) is 11.3. The van der Waals surface area contributed by atoms with E-state index in [0.717, 1.165) is 5.52 Å². The highest BCUT2D eigenvalue weighted by molar-refractivity contribution is 9.09. The highest BCUT2D eigenvalue weighted by Gasteiger charge is 2.77. The lowest BCUT2D eigenvalue weighted by Gasteiger charge is -2.40. The van der Waals surface area contributed by atoms with Gasteiger partial charge in [-0.3, -0.25) is 19.2 Å². The molecule has 3 aliphatic rings. The van der Waals surface area contributed by atoms with E-state index in [1.165, 1.54) is 9.80 Å². The molecule has 4 heterocycles. The Labute approximate surface area is 311 Å². The topological polar surface area (TPSA) is 156 Å². The number of rotatable bonds is 16. The van der Waals surface area contributed by atoms with Crippen LogP contribution in [-0.2, 0) is 35.3 Å². The van der Waals surface area contributed by atoms with Crippen LogP contribution in [0.3, 0.4) is 0 Å². The number of amides is 3. The molecule has 276 valence electrons. The van der Waals surface area contributed by atoms with Gasteiger partial charge in [-0.25, -0.2) is 4.68 Å². The summed E-state index contributed by atoms with van der Waals surface area (Å²) in [6.07, 6.45) is 2.65. The van der Waals surface area contributed by atoms with Crippen molar-refractivity contribution in [1.82, 2.24) is 30.1 Å². The predicted molar refractivity (Wildman–Crippen MR) is 195 cm³/mol. The van der Waals surface area contributed by atoms with Crippen LogP contribution in [0.5, 0.6) is 0 Å². The van der Waals surface area contributed by atoms with E-state index in [1.54, 1.807) is 29.0 Å². The Bertz CT molecular complexity index is 1820. The number of halogens is 1. The molecule has 6 rings (SSSR count). The minimum absolute atomic E-state index is 0.0139. The predicted octanol–water partition coefficient (Wildman–Crippen LogP) is 3.54. The minimum Gasteiger partial charge on any atom is -0.455 e. The number of nitrogens with one attached hydrogen (secondary N) is 1. The average Bonchev–Trinajstić information content (AvgIpc) is 3.86. The molecule has 1 aromatic heterocycles. The first kappa shape index (κ1) is 37.4. The minimum atomic E-state index is -1.40. The first-order valence-corrected chi connectivity index (χ1v) is 18.5. The number of allylic oxidation sites excluding steroid dienone is 1. The van der Waals surface area contributed by atoms with Crippen molar-refractivity contribution in [3.8, 4) is 0 Å². The lowest BCUT2D eigenvalue weighted by Crippen LogP contribution is -2.60. The van der Waals surface area contributed by atoms with Gasteiger partial charge in [0.2, 0.25) is 17.7 Å². The maximum Gasteiger partial charge on any atom is 0.313 e. The number of hydrogen-bond acceptors (Lipinski definition) is 9. The molecule has 0 aliphatic carbocycles. The molecule has 3 aromatic rings. The number of esters is 1. The van der Waals surface area contributed by atoms with Gasteiger partial charge in [0.1, 0.15) is 29.9 Å². The van der Waals surface area contributed by atoms with Gasteiger partial charge in [-0.05, 0) is 36.5 Å². The molecule has 1 unspecified atom stereocenters. The van der Waals surface area contributed by atoms with Crippen LogP contribution in [0.15, 0.2) is 79.9 Å². The van der Waals surface area contributed by atoms with E-state index in [2.05, 4.69) is 44.7 Å². The van der Waals surface area contributed by atoms with Crippen LogP contribution in [0.2, 0.25) is 0 Å². The summed E-state index contributed by atoms with van der Waals surface area (Å²) in [5.74, 6) is -4.11. The number of fused-ring (bicyclic) bond motifs is 2. The Morgan fingerprint density at radius 1 is 1.15 bits per heavy atom. The lowest BCUT2D eigenvalue weighted by molar-refractivity contribution is -0.161. The molecule has 13 nitrogen and oxygen atoms in total. The molecule has 3 fully saturated rings. The number of hydrogen-bond donors (Lipinski definition) is 2. The van der Waals surface area contributed by atoms with E-state index in [4.69, 9.17) is 9.47 Å². The summed E-state index contributed by atoms with van der Waals surface area (Å²) in [5, 5.41) is 22.0. The smallest absolute Gasteiger partial charge is 0.313 e. The second-order valence-corrected chi connectivity index (χ2v) is 15.1. The molecule has 1 spiro atoms. The zero-order valence-electron chi connectivity index (χ0n) is 29.3. The first-order chi connectivity index (χ1) is 25.1. The molecule has 14 heteroatoms. The number of likely N-dealkylation sites (tertiary alicyclic amines) is 1. The Balaban J connectivity index is 1.35. The second-order valence-electron chi connectivity index (χ2n) is 13.9. The van der Waals surface area contributed by atoms with Crippen LogP contribution in [0, 0.1) is 17.8 Å². The molecule has 2 bridgehead atoms. The Morgan fingerprint density at radius 3 is 2.58 bits per heavy atom. The zero-order valence-corrected chi connectivity index (χ0v) is 30.9. The normalized spacial score (nSPS) is 25.9. The molecule has 2 aromatic carbocycles. The van der Waals surface area contributed by atoms with Gasteiger partial charge in [-0.2, -0.15) is 0 Å². The zero-order chi connectivity index (χ0) is 37.2. The van der Waals surface area contributed by atoms with Gasteiger partial charge >= 0.3 is 5.97 Å². The Hall–Kier alpha value is -4.40. The monoisotopic (exact) mass is 776 g/mol. The molecule has 0 radical (unpaired) electrons. The number of alkyl halides is 1. The molecule has 2 N–H and O–H groups in total. The largest absolute Gasteiger partial charge is 0.455 e. The van der Waals surface area contributed by atoms with Crippen molar-refractivity contribution in [2.24, 2.45) is 17.8 Å².